The van der Waals surface area contributed by atoms with Crippen LogP contribution in [0.25, 0.3) is 0 Å². The lowest BCUT2D eigenvalue weighted by atomic mass is 10.1. The molecule has 0 saturated heterocycles. The molecule has 1 amide bonds. The van der Waals surface area contributed by atoms with Crippen LogP contribution in [-0.2, 0) is 6.54 Å². The van der Waals surface area contributed by atoms with Crippen LogP contribution in [0.15, 0.2) is 53.0 Å². The van der Waals surface area contributed by atoms with E-state index in [1.54, 1.807) is 12.1 Å². The summed E-state index contributed by atoms with van der Waals surface area (Å²) in [6, 6.07) is 15.2. The molecule has 3 N–H and O–H groups in total. The fraction of sp³-hybridized carbons (Fsp3) is 0.188. The van der Waals surface area contributed by atoms with Crippen LogP contribution >= 0.6 is 15.9 Å². The highest BCUT2D eigenvalue weighted by Crippen LogP contribution is 2.18. The fourth-order valence-corrected chi connectivity index (χ4v) is 2.35. The molecule has 0 heterocycles. The summed E-state index contributed by atoms with van der Waals surface area (Å²) in [6.45, 7) is 2.45. The SMILES string of the molecule is CC(NC(=O)c1ccc(CN)cc1)c1cccc(Br)c1. The van der Waals surface area contributed by atoms with Crippen molar-refractivity contribution in [1.29, 1.82) is 0 Å². The number of nitrogens with one attached hydrogen (secondary N) is 1. The third-order valence-electron chi connectivity index (χ3n) is 3.15. The predicted octanol–water partition coefficient (Wildman–Crippen LogP) is 3.40. The van der Waals surface area contributed by atoms with Gasteiger partial charge in [-0.05, 0) is 42.3 Å². The monoisotopic (exact) mass is 332 g/mol. The minimum atomic E-state index is -0.0824. The van der Waals surface area contributed by atoms with E-state index >= 15 is 0 Å². The molecule has 0 aromatic heterocycles. The lowest BCUT2D eigenvalue weighted by Gasteiger charge is -2.15. The van der Waals surface area contributed by atoms with Crippen molar-refractivity contribution in [2.75, 3.05) is 0 Å². The first-order chi connectivity index (χ1) is 9.60. The number of rotatable bonds is 4. The van der Waals surface area contributed by atoms with Crippen LogP contribution in [-0.4, -0.2) is 5.91 Å². The lowest BCUT2D eigenvalue weighted by molar-refractivity contribution is 0.0940. The Labute approximate surface area is 127 Å². The van der Waals surface area contributed by atoms with Gasteiger partial charge < -0.3 is 11.1 Å². The minimum absolute atomic E-state index is 0.0471. The Bertz CT molecular complexity index is 596. The molecule has 0 radical (unpaired) electrons. The van der Waals surface area contributed by atoms with Crippen LogP contribution in [0.4, 0.5) is 0 Å². The fourth-order valence-electron chi connectivity index (χ4n) is 1.93. The molecule has 0 spiro atoms. The third kappa shape index (κ3) is 3.68. The van der Waals surface area contributed by atoms with E-state index in [1.165, 1.54) is 0 Å². The zero-order valence-electron chi connectivity index (χ0n) is 11.3. The highest BCUT2D eigenvalue weighted by atomic mass is 79.9. The number of carbonyl (C=O) groups is 1. The van der Waals surface area contributed by atoms with Crippen LogP contribution in [0.1, 0.15) is 34.5 Å². The van der Waals surface area contributed by atoms with E-state index in [9.17, 15) is 4.79 Å². The highest BCUT2D eigenvalue weighted by Gasteiger charge is 2.11. The molecule has 0 fully saturated rings. The molecular formula is C16H17BrN2O. The van der Waals surface area contributed by atoms with Gasteiger partial charge in [0.05, 0.1) is 6.04 Å². The second-order valence-corrected chi connectivity index (χ2v) is 5.57. The topological polar surface area (TPSA) is 55.1 Å². The van der Waals surface area contributed by atoms with Gasteiger partial charge in [-0.25, -0.2) is 0 Å². The Morgan fingerprint density at radius 1 is 1.25 bits per heavy atom. The van der Waals surface area contributed by atoms with Gasteiger partial charge in [0.2, 0.25) is 0 Å². The third-order valence-corrected chi connectivity index (χ3v) is 3.64. The molecule has 0 aliphatic heterocycles. The zero-order chi connectivity index (χ0) is 14.5. The van der Waals surface area contributed by atoms with Crippen molar-refractivity contribution in [3.8, 4) is 0 Å². The van der Waals surface area contributed by atoms with Gasteiger partial charge in [-0.15, -0.1) is 0 Å². The van der Waals surface area contributed by atoms with Crippen molar-refractivity contribution >= 4 is 21.8 Å². The van der Waals surface area contributed by atoms with Gasteiger partial charge in [0.25, 0.3) is 5.91 Å². The molecule has 2 aromatic rings. The summed E-state index contributed by atoms with van der Waals surface area (Å²) in [6.07, 6.45) is 0. The minimum Gasteiger partial charge on any atom is -0.346 e. The average molecular weight is 333 g/mol. The predicted molar refractivity (Wildman–Crippen MR) is 84.4 cm³/mol. The van der Waals surface area contributed by atoms with Crippen LogP contribution in [0, 0.1) is 0 Å². The largest absolute Gasteiger partial charge is 0.346 e. The van der Waals surface area contributed by atoms with Gasteiger partial charge in [-0.2, -0.15) is 0 Å². The highest BCUT2D eigenvalue weighted by molar-refractivity contribution is 9.10. The smallest absolute Gasteiger partial charge is 0.251 e. The van der Waals surface area contributed by atoms with Crippen molar-refractivity contribution < 1.29 is 4.79 Å². The van der Waals surface area contributed by atoms with E-state index < -0.39 is 0 Å². The first kappa shape index (κ1) is 14.8. The molecule has 2 aromatic carbocycles. The molecular weight excluding hydrogens is 316 g/mol. The lowest BCUT2D eigenvalue weighted by Crippen LogP contribution is -2.26. The molecule has 0 bridgehead atoms. The van der Waals surface area contributed by atoms with Crippen molar-refractivity contribution in [3.05, 3.63) is 69.7 Å². The number of hydrogen-bond donors (Lipinski definition) is 2. The summed E-state index contributed by atoms with van der Waals surface area (Å²) in [5, 5.41) is 2.99. The van der Waals surface area contributed by atoms with Crippen LogP contribution in [0.3, 0.4) is 0 Å². The maximum atomic E-state index is 12.2. The summed E-state index contributed by atoms with van der Waals surface area (Å²) in [5.74, 6) is -0.0824. The molecule has 0 aliphatic rings. The van der Waals surface area contributed by atoms with Crippen LogP contribution < -0.4 is 11.1 Å². The van der Waals surface area contributed by atoms with Crippen LogP contribution in [0.5, 0.6) is 0 Å². The molecule has 20 heavy (non-hydrogen) atoms. The zero-order valence-corrected chi connectivity index (χ0v) is 12.9. The molecule has 4 heteroatoms. The van der Waals surface area contributed by atoms with Gasteiger partial charge in [0, 0.05) is 16.6 Å². The van der Waals surface area contributed by atoms with Gasteiger partial charge in [0.1, 0.15) is 0 Å². The number of nitrogens with two attached hydrogens (primary N) is 1. The molecule has 2 rings (SSSR count). The molecule has 0 aliphatic carbocycles. The van der Waals surface area contributed by atoms with Crippen molar-refractivity contribution in [2.24, 2.45) is 5.73 Å². The van der Waals surface area contributed by atoms with Gasteiger partial charge >= 0.3 is 0 Å². The van der Waals surface area contributed by atoms with Crippen molar-refractivity contribution in [3.63, 3.8) is 0 Å². The van der Waals surface area contributed by atoms with E-state index in [0.29, 0.717) is 12.1 Å². The quantitative estimate of drug-likeness (QED) is 0.901. The second kappa shape index (κ2) is 6.68. The summed E-state index contributed by atoms with van der Waals surface area (Å²) < 4.78 is 1.00. The van der Waals surface area contributed by atoms with Gasteiger partial charge in [-0.1, -0.05) is 40.2 Å². The Morgan fingerprint density at radius 2 is 1.95 bits per heavy atom. The molecule has 0 saturated carbocycles. The number of hydrogen-bond acceptors (Lipinski definition) is 2. The van der Waals surface area contributed by atoms with E-state index in [2.05, 4.69) is 21.2 Å². The maximum absolute atomic E-state index is 12.2. The van der Waals surface area contributed by atoms with Crippen LogP contribution in [0.2, 0.25) is 0 Å². The summed E-state index contributed by atoms with van der Waals surface area (Å²) in [4.78, 5) is 12.2. The molecule has 1 atom stereocenters. The molecule has 3 nitrogen and oxygen atoms in total. The Morgan fingerprint density at radius 3 is 2.55 bits per heavy atom. The summed E-state index contributed by atoms with van der Waals surface area (Å²) in [7, 11) is 0. The van der Waals surface area contributed by atoms with Gasteiger partial charge in [0.15, 0.2) is 0 Å². The average Bonchev–Trinajstić information content (AvgIpc) is 2.47. The van der Waals surface area contributed by atoms with Gasteiger partial charge in [-0.3, -0.25) is 4.79 Å². The number of benzene rings is 2. The Balaban J connectivity index is 2.06. The standard InChI is InChI=1S/C16H17BrN2O/c1-11(14-3-2-4-15(17)9-14)19-16(20)13-7-5-12(10-18)6-8-13/h2-9,11H,10,18H2,1H3,(H,19,20). The summed E-state index contributed by atoms with van der Waals surface area (Å²) >= 11 is 3.43. The van der Waals surface area contributed by atoms with E-state index in [0.717, 1.165) is 15.6 Å². The summed E-state index contributed by atoms with van der Waals surface area (Å²) in [5.41, 5.74) is 8.26. The normalized spacial score (nSPS) is 11.9. The second-order valence-electron chi connectivity index (χ2n) is 4.65. The first-order valence-corrected chi connectivity index (χ1v) is 7.25. The number of amides is 1. The van der Waals surface area contributed by atoms with E-state index in [4.69, 9.17) is 5.73 Å². The maximum Gasteiger partial charge on any atom is 0.251 e. The first-order valence-electron chi connectivity index (χ1n) is 6.45. The molecule has 1 unspecified atom stereocenters. The van der Waals surface area contributed by atoms with E-state index in [1.807, 2.05) is 43.3 Å². The van der Waals surface area contributed by atoms with Crippen molar-refractivity contribution in [2.45, 2.75) is 19.5 Å². The molecule has 104 valence electrons. The number of carbonyl (C=O) groups excluding carboxylic acids is 1. The Kier molecular flexibility index (Phi) is 4.93. The van der Waals surface area contributed by atoms with E-state index in [-0.39, 0.29) is 11.9 Å². The van der Waals surface area contributed by atoms with Crippen molar-refractivity contribution in [1.82, 2.24) is 5.32 Å². The number of halogens is 1. The Hall–Kier alpha value is -1.65.